The summed E-state index contributed by atoms with van der Waals surface area (Å²) < 4.78 is 0. The zero-order chi connectivity index (χ0) is 11.4. The van der Waals surface area contributed by atoms with Crippen LogP contribution in [0.15, 0.2) is 6.07 Å². The predicted octanol–water partition coefficient (Wildman–Crippen LogP) is 3.67. The molecule has 0 aromatic heterocycles. The average Bonchev–Trinajstić information content (AvgIpc) is 2.32. The van der Waals surface area contributed by atoms with Gasteiger partial charge in [0.05, 0.1) is 6.10 Å². The van der Waals surface area contributed by atoms with Gasteiger partial charge in [-0.15, -0.1) is 0 Å². The molecule has 1 unspecified atom stereocenters. The fourth-order valence-electron chi connectivity index (χ4n) is 2.90. The van der Waals surface area contributed by atoms with Gasteiger partial charge in [0, 0.05) is 5.02 Å². The summed E-state index contributed by atoms with van der Waals surface area (Å²) in [6.07, 6.45) is 0.442. The lowest BCUT2D eigenvalue weighted by Gasteiger charge is -2.21. The molecule has 0 bridgehead atoms. The van der Waals surface area contributed by atoms with E-state index in [0.717, 1.165) is 22.6 Å². The van der Waals surface area contributed by atoms with Crippen molar-refractivity contribution in [3.05, 3.63) is 33.3 Å². The van der Waals surface area contributed by atoms with Crippen LogP contribution < -0.4 is 0 Å². The summed E-state index contributed by atoms with van der Waals surface area (Å²) >= 11 is 6.14. The molecule has 1 aromatic carbocycles. The monoisotopic (exact) mass is 224 g/mol. The molecule has 0 radical (unpaired) electrons. The van der Waals surface area contributed by atoms with Crippen LogP contribution in [0, 0.1) is 13.8 Å². The maximum absolute atomic E-state index is 10.1. The third kappa shape index (κ3) is 1.49. The molecule has 0 saturated carbocycles. The molecule has 0 fully saturated rings. The highest BCUT2D eigenvalue weighted by molar-refractivity contribution is 6.31. The van der Waals surface area contributed by atoms with Gasteiger partial charge >= 0.3 is 0 Å². The van der Waals surface area contributed by atoms with Gasteiger partial charge in [-0.1, -0.05) is 25.4 Å². The van der Waals surface area contributed by atoms with Crippen molar-refractivity contribution in [2.24, 2.45) is 0 Å². The van der Waals surface area contributed by atoms with E-state index in [-0.39, 0.29) is 11.5 Å². The third-order valence-electron chi connectivity index (χ3n) is 3.48. The molecule has 82 valence electrons. The largest absolute Gasteiger partial charge is 0.388 e. The van der Waals surface area contributed by atoms with E-state index in [1.165, 1.54) is 11.1 Å². The maximum Gasteiger partial charge on any atom is 0.0804 e. The lowest BCUT2D eigenvalue weighted by molar-refractivity contribution is 0.161. The standard InChI is InChI=1S/C13H17ClO/c1-7-5-9(14)8(2)11-10(15)6-13(3,4)12(7)11/h5,10,15H,6H2,1-4H3. The second kappa shape index (κ2) is 3.23. The Morgan fingerprint density at radius 2 is 2.00 bits per heavy atom. The topological polar surface area (TPSA) is 20.2 Å². The second-order valence-electron chi connectivity index (χ2n) is 5.19. The number of halogens is 1. The molecule has 2 heteroatoms. The molecule has 2 rings (SSSR count). The first-order chi connectivity index (χ1) is 6.84. The van der Waals surface area contributed by atoms with Crippen LogP contribution in [0.2, 0.25) is 5.02 Å². The Bertz CT molecular complexity index is 421. The average molecular weight is 225 g/mol. The summed E-state index contributed by atoms with van der Waals surface area (Å²) in [4.78, 5) is 0. The molecule has 0 amide bonds. The van der Waals surface area contributed by atoms with Crippen molar-refractivity contribution in [1.82, 2.24) is 0 Å². The highest BCUT2D eigenvalue weighted by atomic mass is 35.5. The fourth-order valence-corrected chi connectivity index (χ4v) is 3.17. The van der Waals surface area contributed by atoms with Crippen LogP contribution in [0.5, 0.6) is 0 Å². The fraction of sp³-hybridized carbons (Fsp3) is 0.538. The van der Waals surface area contributed by atoms with Crippen molar-refractivity contribution in [3.63, 3.8) is 0 Å². The van der Waals surface area contributed by atoms with Crippen molar-refractivity contribution >= 4 is 11.6 Å². The first-order valence-electron chi connectivity index (χ1n) is 5.33. The van der Waals surface area contributed by atoms with Crippen LogP contribution in [0.3, 0.4) is 0 Å². The number of rotatable bonds is 0. The Kier molecular flexibility index (Phi) is 2.36. The Morgan fingerprint density at radius 1 is 1.40 bits per heavy atom. The quantitative estimate of drug-likeness (QED) is 0.713. The van der Waals surface area contributed by atoms with Crippen LogP contribution in [-0.2, 0) is 5.41 Å². The maximum atomic E-state index is 10.1. The predicted molar refractivity (Wildman–Crippen MR) is 63.5 cm³/mol. The zero-order valence-corrected chi connectivity index (χ0v) is 10.4. The summed E-state index contributed by atoms with van der Waals surface area (Å²) in [5.74, 6) is 0. The summed E-state index contributed by atoms with van der Waals surface area (Å²) in [6.45, 7) is 8.43. The number of hydrogen-bond donors (Lipinski definition) is 1. The molecule has 1 aromatic rings. The minimum Gasteiger partial charge on any atom is -0.388 e. The second-order valence-corrected chi connectivity index (χ2v) is 5.60. The van der Waals surface area contributed by atoms with Crippen LogP contribution in [0.25, 0.3) is 0 Å². The first-order valence-corrected chi connectivity index (χ1v) is 5.70. The number of aliphatic hydroxyl groups excluding tert-OH is 1. The summed E-state index contributed by atoms with van der Waals surface area (Å²) in [6, 6.07) is 2.01. The van der Waals surface area contributed by atoms with E-state index in [9.17, 15) is 5.11 Å². The summed E-state index contributed by atoms with van der Waals surface area (Å²) in [5.41, 5.74) is 4.65. The van der Waals surface area contributed by atoms with Gasteiger partial charge in [0.2, 0.25) is 0 Å². The van der Waals surface area contributed by atoms with Crippen molar-refractivity contribution < 1.29 is 5.11 Å². The molecular formula is C13H17ClO. The molecule has 1 nitrogen and oxygen atoms in total. The smallest absolute Gasteiger partial charge is 0.0804 e. The lowest BCUT2D eigenvalue weighted by Crippen LogP contribution is -2.14. The highest BCUT2D eigenvalue weighted by Gasteiger charge is 2.38. The molecule has 0 saturated heterocycles. The number of fused-ring (bicyclic) bond motifs is 1. The van der Waals surface area contributed by atoms with E-state index in [4.69, 9.17) is 11.6 Å². The normalized spacial score (nSPS) is 22.9. The summed E-state index contributed by atoms with van der Waals surface area (Å²) in [7, 11) is 0. The van der Waals surface area contributed by atoms with Gasteiger partial charge in [0.25, 0.3) is 0 Å². The minimum absolute atomic E-state index is 0.0637. The van der Waals surface area contributed by atoms with Gasteiger partial charge in [-0.3, -0.25) is 0 Å². The number of aliphatic hydroxyl groups is 1. The van der Waals surface area contributed by atoms with Crippen molar-refractivity contribution in [2.45, 2.75) is 45.6 Å². The highest BCUT2D eigenvalue weighted by Crippen LogP contribution is 2.48. The van der Waals surface area contributed by atoms with Crippen LogP contribution in [-0.4, -0.2) is 5.11 Å². The third-order valence-corrected chi connectivity index (χ3v) is 3.88. The Morgan fingerprint density at radius 3 is 2.60 bits per heavy atom. The van der Waals surface area contributed by atoms with E-state index in [2.05, 4.69) is 20.8 Å². The van der Waals surface area contributed by atoms with Crippen molar-refractivity contribution in [3.8, 4) is 0 Å². The van der Waals surface area contributed by atoms with E-state index >= 15 is 0 Å². The molecule has 0 heterocycles. The summed E-state index contributed by atoms with van der Waals surface area (Å²) in [5, 5.41) is 10.9. The molecule has 1 atom stereocenters. The lowest BCUT2D eigenvalue weighted by atomic mass is 9.83. The Hall–Kier alpha value is -0.530. The van der Waals surface area contributed by atoms with Gasteiger partial charge in [-0.25, -0.2) is 0 Å². The number of aryl methyl sites for hydroxylation is 1. The van der Waals surface area contributed by atoms with Crippen molar-refractivity contribution in [2.75, 3.05) is 0 Å². The van der Waals surface area contributed by atoms with Gasteiger partial charge in [0.15, 0.2) is 0 Å². The van der Waals surface area contributed by atoms with Crippen molar-refractivity contribution in [1.29, 1.82) is 0 Å². The molecule has 1 aliphatic carbocycles. The zero-order valence-electron chi connectivity index (χ0n) is 9.69. The van der Waals surface area contributed by atoms with E-state index < -0.39 is 0 Å². The SMILES string of the molecule is Cc1cc(Cl)c(C)c2c1C(C)(C)CC2O. The molecule has 1 aliphatic rings. The molecule has 15 heavy (non-hydrogen) atoms. The van der Waals surface area contributed by atoms with E-state index in [0.29, 0.717) is 0 Å². The first kappa shape index (κ1) is 11.0. The van der Waals surface area contributed by atoms with E-state index in [1.807, 2.05) is 13.0 Å². The van der Waals surface area contributed by atoms with Crippen LogP contribution in [0.1, 0.15) is 48.6 Å². The van der Waals surface area contributed by atoms with Crippen LogP contribution in [0.4, 0.5) is 0 Å². The molecule has 1 N–H and O–H groups in total. The van der Waals surface area contributed by atoms with Gasteiger partial charge in [-0.05, 0) is 54.0 Å². The van der Waals surface area contributed by atoms with Gasteiger partial charge < -0.3 is 5.11 Å². The number of benzene rings is 1. The van der Waals surface area contributed by atoms with Gasteiger partial charge in [-0.2, -0.15) is 0 Å². The van der Waals surface area contributed by atoms with E-state index in [1.54, 1.807) is 0 Å². The molecular weight excluding hydrogens is 208 g/mol. The molecule has 0 spiro atoms. The number of hydrogen-bond acceptors (Lipinski definition) is 1. The van der Waals surface area contributed by atoms with Gasteiger partial charge in [0.1, 0.15) is 0 Å². The molecule has 0 aliphatic heterocycles. The minimum atomic E-state index is -0.354. The van der Waals surface area contributed by atoms with Crippen LogP contribution >= 0.6 is 11.6 Å². The Balaban J connectivity index is 2.78. The Labute approximate surface area is 96.1 Å².